The van der Waals surface area contributed by atoms with Gasteiger partial charge in [-0.1, -0.05) is 11.8 Å². The normalized spacial score (nSPS) is 11.7. The van der Waals surface area contributed by atoms with Crippen LogP contribution in [0.5, 0.6) is 0 Å². The largest absolute Gasteiger partial charge is 0.398 e. The summed E-state index contributed by atoms with van der Waals surface area (Å²) in [4.78, 5) is 4.80. The SMILES string of the molecule is Cc1nsc(Sc2cc(S(N)(=O)=O)ccc2N)n1. The average molecular weight is 302 g/mol. The molecule has 0 unspecified atom stereocenters. The van der Waals surface area contributed by atoms with E-state index in [2.05, 4.69) is 9.36 Å². The quantitative estimate of drug-likeness (QED) is 0.825. The van der Waals surface area contributed by atoms with E-state index in [9.17, 15) is 8.42 Å². The summed E-state index contributed by atoms with van der Waals surface area (Å²) in [7, 11) is -3.73. The molecular weight excluding hydrogens is 292 g/mol. The molecule has 0 saturated heterocycles. The maximum Gasteiger partial charge on any atom is 0.238 e. The topological polar surface area (TPSA) is 112 Å². The highest BCUT2D eigenvalue weighted by Crippen LogP contribution is 2.34. The Labute approximate surface area is 113 Å². The Kier molecular flexibility index (Phi) is 3.57. The minimum Gasteiger partial charge on any atom is -0.398 e. The molecule has 0 fully saturated rings. The Bertz CT molecular complexity index is 681. The van der Waals surface area contributed by atoms with Crippen LogP contribution in [0.25, 0.3) is 0 Å². The number of hydrogen-bond donors (Lipinski definition) is 2. The molecule has 0 aliphatic heterocycles. The van der Waals surface area contributed by atoms with Gasteiger partial charge in [-0.3, -0.25) is 0 Å². The molecule has 0 spiro atoms. The summed E-state index contributed by atoms with van der Waals surface area (Å²) >= 11 is 2.50. The van der Waals surface area contributed by atoms with Gasteiger partial charge in [-0.05, 0) is 36.7 Å². The number of benzene rings is 1. The van der Waals surface area contributed by atoms with Crippen LogP contribution in [0.1, 0.15) is 5.82 Å². The number of nitrogens with zero attached hydrogens (tertiary/aromatic N) is 2. The first-order valence-electron chi connectivity index (χ1n) is 4.77. The lowest BCUT2D eigenvalue weighted by Gasteiger charge is -2.05. The predicted molar refractivity (Wildman–Crippen MR) is 71.0 cm³/mol. The molecule has 9 heteroatoms. The molecular formula is C9H10N4O2S3. The Morgan fingerprint density at radius 2 is 2.11 bits per heavy atom. The molecule has 1 aromatic heterocycles. The number of nitrogen functional groups attached to an aromatic ring is 1. The Hall–Kier alpha value is -1.16. The van der Waals surface area contributed by atoms with Gasteiger partial charge < -0.3 is 5.73 Å². The van der Waals surface area contributed by atoms with Crippen LogP contribution >= 0.6 is 23.3 Å². The molecule has 0 aliphatic rings. The average Bonchev–Trinajstić information content (AvgIpc) is 2.66. The van der Waals surface area contributed by atoms with Gasteiger partial charge in [0.2, 0.25) is 10.0 Å². The molecule has 0 aliphatic carbocycles. The van der Waals surface area contributed by atoms with Crippen molar-refractivity contribution in [3.8, 4) is 0 Å². The molecule has 2 rings (SSSR count). The molecule has 0 bridgehead atoms. The molecule has 1 aromatic carbocycles. The molecule has 0 atom stereocenters. The summed E-state index contributed by atoms with van der Waals surface area (Å²) in [6, 6.07) is 4.32. The first-order valence-corrected chi connectivity index (χ1v) is 7.90. The Morgan fingerprint density at radius 1 is 1.39 bits per heavy atom. The van der Waals surface area contributed by atoms with Crippen LogP contribution in [-0.2, 0) is 10.0 Å². The summed E-state index contributed by atoms with van der Waals surface area (Å²) in [6.07, 6.45) is 0. The van der Waals surface area contributed by atoms with Crippen molar-refractivity contribution in [3.63, 3.8) is 0 Å². The second-order valence-corrected chi connectivity index (χ2v) is 7.06. The van der Waals surface area contributed by atoms with E-state index in [4.69, 9.17) is 10.9 Å². The van der Waals surface area contributed by atoms with E-state index in [0.717, 1.165) is 0 Å². The van der Waals surface area contributed by atoms with Crippen LogP contribution in [0.2, 0.25) is 0 Å². The van der Waals surface area contributed by atoms with E-state index in [1.54, 1.807) is 6.92 Å². The molecule has 0 radical (unpaired) electrons. The molecule has 1 heterocycles. The Morgan fingerprint density at radius 3 is 2.67 bits per heavy atom. The van der Waals surface area contributed by atoms with Crippen LogP contribution in [0.3, 0.4) is 0 Å². The van der Waals surface area contributed by atoms with Gasteiger partial charge in [0.05, 0.1) is 4.90 Å². The van der Waals surface area contributed by atoms with Gasteiger partial charge in [-0.2, -0.15) is 4.37 Å². The van der Waals surface area contributed by atoms with Crippen molar-refractivity contribution in [1.29, 1.82) is 0 Å². The van der Waals surface area contributed by atoms with Crippen molar-refractivity contribution in [2.75, 3.05) is 5.73 Å². The molecule has 18 heavy (non-hydrogen) atoms. The highest BCUT2D eigenvalue weighted by Gasteiger charge is 2.12. The standard InChI is InChI=1S/C9H10N4O2S3/c1-5-12-9(17-13-5)16-8-4-6(18(11,14)15)2-3-7(8)10/h2-4H,10H2,1H3,(H2,11,14,15). The lowest BCUT2D eigenvalue weighted by molar-refractivity contribution is 0.597. The van der Waals surface area contributed by atoms with Crippen molar-refractivity contribution in [2.24, 2.45) is 5.14 Å². The van der Waals surface area contributed by atoms with Gasteiger partial charge in [-0.25, -0.2) is 18.5 Å². The number of sulfonamides is 1. The van der Waals surface area contributed by atoms with E-state index in [1.165, 1.54) is 41.5 Å². The fourth-order valence-electron chi connectivity index (χ4n) is 1.19. The third-order valence-electron chi connectivity index (χ3n) is 2.02. The van der Waals surface area contributed by atoms with Gasteiger partial charge in [0.1, 0.15) is 5.82 Å². The minimum absolute atomic E-state index is 0.0282. The fraction of sp³-hybridized carbons (Fsp3) is 0.111. The van der Waals surface area contributed by atoms with Crippen molar-refractivity contribution < 1.29 is 8.42 Å². The molecule has 0 amide bonds. The number of aryl methyl sites for hydroxylation is 1. The number of rotatable bonds is 3. The van der Waals surface area contributed by atoms with E-state index in [0.29, 0.717) is 20.7 Å². The van der Waals surface area contributed by atoms with Crippen molar-refractivity contribution in [1.82, 2.24) is 9.36 Å². The number of anilines is 1. The van der Waals surface area contributed by atoms with Crippen molar-refractivity contribution in [2.45, 2.75) is 21.1 Å². The summed E-state index contributed by atoms with van der Waals surface area (Å²) in [5.74, 6) is 0.670. The lowest BCUT2D eigenvalue weighted by Crippen LogP contribution is -2.12. The smallest absolute Gasteiger partial charge is 0.238 e. The van der Waals surface area contributed by atoms with Crippen LogP contribution < -0.4 is 10.9 Å². The maximum atomic E-state index is 11.3. The number of nitrogens with two attached hydrogens (primary N) is 2. The van der Waals surface area contributed by atoms with E-state index in [-0.39, 0.29) is 4.90 Å². The number of aromatic nitrogens is 2. The van der Waals surface area contributed by atoms with E-state index in [1.807, 2.05) is 0 Å². The lowest BCUT2D eigenvalue weighted by atomic mass is 10.3. The summed E-state index contributed by atoms with van der Waals surface area (Å²) in [6.45, 7) is 1.78. The highest BCUT2D eigenvalue weighted by atomic mass is 32.2. The molecule has 2 aromatic rings. The predicted octanol–water partition coefficient (Wildman–Crippen LogP) is 1.23. The van der Waals surface area contributed by atoms with Crippen LogP contribution in [-0.4, -0.2) is 17.8 Å². The van der Waals surface area contributed by atoms with Crippen LogP contribution in [0, 0.1) is 6.92 Å². The van der Waals surface area contributed by atoms with Crippen molar-refractivity contribution >= 4 is 39.0 Å². The van der Waals surface area contributed by atoms with Crippen LogP contribution in [0.4, 0.5) is 5.69 Å². The van der Waals surface area contributed by atoms with E-state index >= 15 is 0 Å². The third kappa shape index (κ3) is 2.99. The van der Waals surface area contributed by atoms with Gasteiger partial charge >= 0.3 is 0 Å². The summed E-state index contributed by atoms with van der Waals surface area (Å²) in [5.41, 5.74) is 6.26. The summed E-state index contributed by atoms with van der Waals surface area (Å²) < 4.78 is 27.2. The zero-order valence-electron chi connectivity index (χ0n) is 9.32. The van der Waals surface area contributed by atoms with Crippen molar-refractivity contribution in [3.05, 3.63) is 24.0 Å². The highest BCUT2D eigenvalue weighted by molar-refractivity contribution is 8.01. The van der Waals surface area contributed by atoms with Gasteiger partial charge in [0.25, 0.3) is 0 Å². The third-order valence-corrected chi connectivity index (χ3v) is 4.85. The fourth-order valence-corrected chi connectivity index (χ4v) is 3.50. The molecule has 6 nitrogen and oxygen atoms in total. The van der Waals surface area contributed by atoms with Gasteiger partial charge in [0.15, 0.2) is 4.34 Å². The van der Waals surface area contributed by atoms with Gasteiger partial charge in [0, 0.05) is 10.6 Å². The number of hydrogen-bond acceptors (Lipinski definition) is 7. The zero-order chi connectivity index (χ0) is 13.3. The summed E-state index contributed by atoms with van der Waals surface area (Å²) in [5, 5.41) is 5.07. The minimum atomic E-state index is -3.73. The maximum absolute atomic E-state index is 11.3. The molecule has 96 valence electrons. The second kappa shape index (κ2) is 4.84. The molecule has 4 N–H and O–H groups in total. The van der Waals surface area contributed by atoms with Crippen LogP contribution in [0.15, 0.2) is 32.3 Å². The monoisotopic (exact) mass is 302 g/mol. The van der Waals surface area contributed by atoms with E-state index < -0.39 is 10.0 Å². The molecule has 0 saturated carbocycles. The first kappa shape index (κ1) is 13.3. The van der Waals surface area contributed by atoms with Gasteiger partial charge in [-0.15, -0.1) is 0 Å². The zero-order valence-corrected chi connectivity index (χ0v) is 11.8. The Balaban J connectivity index is 2.38. The number of primary sulfonamides is 1. The first-order chi connectivity index (χ1) is 8.36. The second-order valence-electron chi connectivity index (χ2n) is 3.45.